The second kappa shape index (κ2) is 7.55. The third-order valence-electron chi connectivity index (χ3n) is 4.01. The third-order valence-corrected chi connectivity index (χ3v) is 5.09. The number of amides is 1. The van der Waals surface area contributed by atoms with Gasteiger partial charge in [-0.25, -0.2) is 9.37 Å². The normalized spacial score (nSPS) is 10.7. The molecule has 4 nitrogen and oxygen atoms in total. The number of carbonyl (C=O) groups excluding carboxylic acids is 1. The van der Waals surface area contributed by atoms with Crippen LogP contribution in [-0.4, -0.2) is 17.4 Å². The summed E-state index contributed by atoms with van der Waals surface area (Å²) in [6.45, 7) is 0.102. The van der Waals surface area contributed by atoms with Crippen molar-refractivity contribution in [2.75, 3.05) is 17.2 Å². The number of benzene rings is 3. The van der Waals surface area contributed by atoms with Crippen LogP contribution >= 0.6 is 11.3 Å². The van der Waals surface area contributed by atoms with E-state index < -0.39 is 0 Å². The van der Waals surface area contributed by atoms with Crippen LogP contribution in [0.3, 0.4) is 0 Å². The van der Waals surface area contributed by atoms with Gasteiger partial charge in [0.25, 0.3) is 0 Å². The molecule has 134 valence electrons. The fourth-order valence-corrected chi connectivity index (χ4v) is 3.62. The Hall–Kier alpha value is -3.25. The van der Waals surface area contributed by atoms with Gasteiger partial charge in [-0.05, 0) is 60.7 Å². The Bertz CT molecular complexity index is 1040. The van der Waals surface area contributed by atoms with Gasteiger partial charge in [-0.2, -0.15) is 0 Å². The molecule has 0 aliphatic carbocycles. The molecule has 0 unspecified atom stereocenters. The van der Waals surface area contributed by atoms with Gasteiger partial charge in [-0.1, -0.05) is 12.1 Å². The summed E-state index contributed by atoms with van der Waals surface area (Å²) in [4.78, 5) is 16.7. The lowest BCUT2D eigenvalue weighted by Crippen LogP contribution is -2.21. The number of hydrogen-bond acceptors (Lipinski definition) is 4. The van der Waals surface area contributed by atoms with E-state index in [4.69, 9.17) is 0 Å². The molecule has 0 aliphatic rings. The quantitative estimate of drug-likeness (QED) is 0.505. The lowest BCUT2D eigenvalue weighted by atomic mass is 10.2. The van der Waals surface area contributed by atoms with E-state index in [1.165, 1.54) is 12.1 Å². The first-order valence-electron chi connectivity index (χ1n) is 8.43. The largest absolute Gasteiger partial charge is 0.376 e. The van der Waals surface area contributed by atoms with E-state index in [0.29, 0.717) is 11.4 Å². The molecular formula is C21H16FN3OS. The fourth-order valence-electron chi connectivity index (χ4n) is 2.65. The summed E-state index contributed by atoms with van der Waals surface area (Å²) in [6, 6.07) is 21.5. The summed E-state index contributed by atoms with van der Waals surface area (Å²) in [5, 5.41) is 6.74. The molecule has 4 rings (SSSR count). The van der Waals surface area contributed by atoms with Crippen molar-refractivity contribution >= 4 is 38.8 Å². The van der Waals surface area contributed by atoms with Crippen molar-refractivity contribution < 1.29 is 9.18 Å². The number of aromatic nitrogens is 1. The van der Waals surface area contributed by atoms with Gasteiger partial charge in [0.05, 0.1) is 16.8 Å². The van der Waals surface area contributed by atoms with Crippen molar-refractivity contribution in [2.24, 2.45) is 0 Å². The Kier molecular flexibility index (Phi) is 4.80. The van der Waals surface area contributed by atoms with Crippen LogP contribution in [0.4, 0.5) is 15.8 Å². The van der Waals surface area contributed by atoms with E-state index in [2.05, 4.69) is 21.7 Å². The van der Waals surface area contributed by atoms with Gasteiger partial charge in [0, 0.05) is 16.9 Å². The maximum Gasteiger partial charge on any atom is 0.243 e. The van der Waals surface area contributed by atoms with Crippen LogP contribution < -0.4 is 10.6 Å². The maximum absolute atomic E-state index is 12.9. The number of halogens is 1. The van der Waals surface area contributed by atoms with E-state index in [-0.39, 0.29) is 18.3 Å². The summed E-state index contributed by atoms with van der Waals surface area (Å²) >= 11 is 1.64. The number of para-hydroxylation sites is 1. The SMILES string of the molecule is O=C(CNc1ccc(F)cc1)Nc1ccc(-c2nc3ccccc3s2)cc1. The van der Waals surface area contributed by atoms with Crippen LogP contribution in [0.25, 0.3) is 20.8 Å². The van der Waals surface area contributed by atoms with Gasteiger partial charge in [0.15, 0.2) is 0 Å². The molecule has 1 amide bonds. The smallest absolute Gasteiger partial charge is 0.243 e. The van der Waals surface area contributed by atoms with Crippen molar-refractivity contribution in [3.8, 4) is 10.6 Å². The molecule has 0 spiro atoms. The molecular weight excluding hydrogens is 361 g/mol. The van der Waals surface area contributed by atoms with Crippen molar-refractivity contribution in [2.45, 2.75) is 0 Å². The number of hydrogen-bond donors (Lipinski definition) is 2. The van der Waals surface area contributed by atoms with E-state index in [1.807, 2.05) is 42.5 Å². The van der Waals surface area contributed by atoms with Crippen molar-refractivity contribution in [3.05, 3.63) is 78.6 Å². The number of fused-ring (bicyclic) bond motifs is 1. The second-order valence-corrected chi connectivity index (χ2v) is 7.00. The summed E-state index contributed by atoms with van der Waals surface area (Å²) in [6.07, 6.45) is 0. The van der Waals surface area contributed by atoms with Crippen molar-refractivity contribution in [3.63, 3.8) is 0 Å². The summed E-state index contributed by atoms with van der Waals surface area (Å²) in [7, 11) is 0. The standard InChI is InChI=1S/C21H16FN3OS/c22-15-7-11-16(12-8-15)23-13-20(26)24-17-9-5-14(6-10-17)21-25-18-3-1-2-4-19(18)27-21/h1-12,23H,13H2,(H,24,26). The molecule has 0 fully saturated rings. The second-order valence-electron chi connectivity index (χ2n) is 5.97. The number of thiazole rings is 1. The van der Waals surface area contributed by atoms with Crippen molar-refractivity contribution in [1.82, 2.24) is 4.98 Å². The first kappa shape index (κ1) is 17.2. The highest BCUT2D eigenvalue weighted by molar-refractivity contribution is 7.21. The molecule has 0 saturated carbocycles. The highest BCUT2D eigenvalue weighted by atomic mass is 32.1. The van der Waals surface area contributed by atoms with Crippen LogP contribution in [0.1, 0.15) is 0 Å². The van der Waals surface area contributed by atoms with Crippen LogP contribution in [0, 0.1) is 5.82 Å². The topological polar surface area (TPSA) is 54.0 Å². The molecule has 0 aliphatic heterocycles. The monoisotopic (exact) mass is 377 g/mol. The van der Waals surface area contributed by atoms with E-state index in [1.54, 1.807) is 23.5 Å². The number of nitrogens with zero attached hydrogens (tertiary/aromatic N) is 1. The lowest BCUT2D eigenvalue weighted by Gasteiger charge is -2.08. The van der Waals surface area contributed by atoms with E-state index >= 15 is 0 Å². The van der Waals surface area contributed by atoms with Crippen LogP contribution in [-0.2, 0) is 4.79 Å². The van der Waals surface area contributed by atoms with Gasteiger partial charge < -0.3 is 10.6 Å². The Morgan fingerprint density at radius 1 is 0.926 bits per heavy atom. The summed E-state index contributed by atoms with van der Waals surface area (Å²) < 4.78 is 14.0. The molecule has 27 heavy (non-hydrogen) atoms. The molecule has 0 bridgehead atoms. The average molecular weight is 377 g/mol. The van der Waals surface area contributed by atoms with Crippen LogP contribution in [0.5, 0.6) is 0 Å². The van der Waals surface area contributed by atoms with E-state index in [0.717, 1.165) is 20.8 Å². The fraction of sp³-hybridized carbons (Fsp3) is 0.0476. The summed E-state index contributed by atoms with van der Waals surface area (Å²) in [5.41, 5.74) is 3.41. The Labute approximate surface area is 159 Å². The molecule has 0 atom stereocenters. The minimum absolute atomic E-state index is 0.102. The molecule has 3 aromatic carbocycles. The van der Waals surface area contributed by atoms with Gasteiger partial charge in [-0.3, -0.25) is 4.79 Å². The zero-order chi connectivity index (χ0) is 18.6. The minimum atomic E-state index is -0.307. The third kappa shape index (κ3) is 4.12. The maximum atomic E-state index is 12.9. The van der Waals surface area contributed by atoms with Crippen LogP contribution in [0.2, 0.25) is 0 Å². The van der Waals surface area contributed by atoms with Gasteiger partial charge in [0.1, 0.15) is 10.8 Å². The highest BCUT2D eigenvalue weighted by Crippen LogP contribution is 2.30. The molecule has 1 aromatic heterocycles. The number of carbonyl (C=O) groups is 1. The first-order valence-corrected chi connectivity index (χ1v) is 9.24. The Morgan fingerprint density at radius 2 is 1.63 bits per heavy atom. The predicted molar refractivity (Wildman–Crippen MR) is 109 cm³/mol. The zero-order valence-electron chi connectivity index (χ0n) is 14.3. The first-order chi connectivity index (χ1) is 13.2. The average Bonchev–Trinajstić information content (AvgIpc) is 3.12. The molecule has 1 heterocycles. The van der Waals surface area contributed by atoms with Gasteiger partial charge in [-0.15, -0.1) is 11.3 Å². The highest BCUT2D eigenvalue weighted by Gasteiger charge is 2.07. The summed E-state index contributed by atoms with van der Waals surface area (Å²) in [5.74, 6) is -0.481. The number of nitrogens with one attached hydrogen (secondary N) is 2. The number of anilines is 2. The minimum Gasteiger partial charge on any atom is -0.376 e. The zero-order valence-corrected chi connectivity index (χ0v) is 15.1. The molecule has 0 radical (unpaired) electrons. The van der Waals surface area contributed by atoms with Crippen LogP contribution in [0.15, 0.2) is 72.8 Å². The Morgan fingerprint density at radius 3 is 2.37 bits per heavy atom. The molecule has 2 N–H and O–H groups in total. The van der Waals surface area contributed by atoms with Gasteiger partial charge in [0.2, 0.25) is 5.91 Å². The molecule has 6 heteroatoms. The molecule has 0 saturated heterocycles. The Balaban J connectivity index is 1.38. The van der Waals surface area contributed by atoms with E-state index in [9.17, 15) is 9.18 Å². The lowest BCUT2D eigenvalue weighted by molar-refractivity contribution is -0.114. The predicted octanol–water partition coefficient (Wildman–Crippen LogP) is 5.15. The number of rotatable bonds is 5. The molecule has 4 aromatic rings. The van der Waals surface area contributed by atoms with Gasteiger partial charge >= 0.3 is 0 Å². The van der Waals surface area contributed by atoms with Crippen molar-refractivity contribution in [1.29, 1.82) is 0 Å².